The first-order valence-electron chi connectivity index (χ1n) is 3.79. The van der Waals surface area contributed by atoms with Gasteiger partial charge in [0, 0.05) is 17.8 Å². The second-order valence-electron chi connectivity index (χ2n) is 2.93. The summed E-state index contributed by atoms with van der Waals surface area (Å²) in [7, 11) is 0. The van der Waals surface area contributed by atoms with E-state index in [1.807, 2.05) is 6.92 Å². The minimum Gasteiger partial charge on any atom is -0.349 e. The number of aromatic nitrogens is 2. The topological polar surface area (TPSA) is 83.8 Å². The van der Waals surface area contributed by atoms with Crippen LogP contribution in [0.25, 0.3) is 0 Å². The number of nitrogens with two attached hydrogens (primary N) is 1. The molecule has 0 aliphatic carbocycles. The van der Waals surface area contributed by atoms with Crippen LogP contribution in [-0.4, -0.2) is 22.6 Å². The fourth-order valence-corrected chi connectivity index (χ4v) is 1.45. The Kier molecular flexibility index (Phi) is 1.41. The van der Waals surface area contributed by atoms with Crippen molar-refractivity contribution in [2.45, 2.75) is 13.0 Å². The zero-order chi connectivity index (χ0) is 8.72. The normalized spacial score (nSPS) is 21.8. The van der Waals surface area contributed by atoms with E-state index in [1.54, 1.807) is 0 Å². The molecule has 2 heterocycles. The van der Waals surface area contributed by atoms with Crippen LogP contribution in [0.1, 0.15) is 27.8 Å². The Bertz CT molecular complexity index is 330. The summed E-state index contributed by atoms with van der Waals surface area (Å²) >= 11 is 0. The molecule has 0 bridgehead atoms. The third-order valence-corrected chi connectivity index (χ3v) is 2.06. The van der Waals surface area contributed by atoms with Crippen molar-refractivity contribution >= 4 is 5.91 Å². The van der Waals surface area contributed by atoms with E-state index < -0.39 is 0 Å². The highest BCUT2D eigenvalue weighted by Gasteiger charge is 2.26. The monoisotopic (exact) mass is 166 g/mol. The molecule has 1 aromatic rings. The molecule has 4 N–H and O–H groups in total. The number of fused-ring (bicyclic) bond motifs is 1. The highest BCUT2D eigenvalue weighted by molar-refractivity contribution is 5.95. The van der Waals surface area contributed by atoms with Crippen molar-refractivity contribution < 1.29 is 4.79 Å². The predicted molar refractivity (Wildman–Crippen MR) is 42.6 cm³/mol. The number of hydrogen-bond donors (Lipinski definition) is 3. The van der Waals surface area contributed by atoms with Gasteiger partial charge < -0.3 is 11.1 Å². The summed E-state index contributed by atoms with van der Waals surface area (Å²) < 4.78 is 0. The number of hydrogen-bond acceptors (Lipinski definition) is 3. The minimum absolute atomic E-state index is 0.128. The number of aryl methyl sites for hydroxylation is 1. The van der Waals surface area contributed by atoms with Crippen LogP contribution in [0.5, 0.6) is 0 Å². The zero-order valence-electron chi connectivity index (χ0n) is 6.72. The van der Waals surface area contributed by atoms with Crippen LogP contribution in [0.15, 0.2) is 0 Å². The molecule has 0 aromatic carbocycles. The van der Waals surface area contributed by atoms with Crippen LogP contribution in [0.3, 0.4) is 0 Å². The van der Waals surface area contributed by atoms with Gasteiger partial charge in [-0.1, -0.05) is 0 Å². The van der Waals surface area contributed by atoms with E-state index in [1.165, 1.54) is 0 Å². The Morgan fingerprint density at radius 3 is 3.08 bits per heavy atom. The number of carbonyl (C=O) groups is 1. The quantitative estimate of drug-likeness (QED) is 0.484. The van der Waals surface area contributed by atoms with Gasteiger partial charge in [-0.3, -0.25) is 9.89 Å². The van der Waals surface area contributed by atoms with E-state index in [9.17, 15) is 4.79 Å². The second-order valence-corrected chi connectivity index (χ2v) is 2.93. The number of H-pyrrole nitrogens is 1. The van der Waals surface area contributed by atoms with Crippen LogP contribution in [0.4, 0.5) is 0 Å². The van der Waals surface area contributed by atoms with Crippen molar-refractivity contribution in [2.24, 2.45) is 5.73 Å². The van der Waals surface area contributed by atoms with Gasteiger partial charge in [-0.2, -0.15) is 5.10 Å². The lowest BCUT2D eigenvalue weighted by molar-refractivity contribution is 0.0935. The molecule has 12 heavy (non-hydrogen) atoms. The summed E-state index contributed by atoms with van der Waals surface area (Å²) in [5.74, 6) is -0.143. The lowest BCUT2D eigenvalue weighted by atomic mass is 10.0. The Morgan fingerprint density at radius 2 is 2.42 bits per heavy atom. The van der Waals surface area contributed by atoms with Crippen molar-refractivity contribution in [3.63, 3.8) is 0 Å². The summed E-state index contributed by atoms with van der Waals surface area (Å²) in [4.78, 5) is 11.2. The first kappa shape index (κ1) is 7.30. The Balaban J connectivity index is 2.57. The van der Waals surface area contributed by atoms with Crippen LogP contribution >= 0.6 is 0 Å². The molecule has 0 radical (unpaired) electrons. The van der Waals surface area contributed by atoms with Crippen LogP contribution in [-0.2, 0) is 0 Å². The van der Waals surface area contributed by atoms with E-state index in [0.29, 0.717) is 12.2 Å². The van der Waals surface area contributed by atoms with Gasteiger partial charge in [0.25, 0.3) is 5.91 Å². The van der Waals surface area contributed by atoms with Gasteiger partial charge in [0.15, 0.2) is 5.69 Å². The maximum Gasteiger partial charge on any atom is 0.272 e. The molecule has 2 rings (SSSR count). The maximum absolute atomic E-state index is 11.2. The van der Waals surface area contributed by atoms with Crippen LogP contribution in [0.2, 0.25) is 0 Å². The van der Waals surface area contributed by atoms with Crippen molar-refractivity contribution in [3.05, 3.63) is 17.0 Å². The fourth-order valence-electron chi connectivity index (χ4n) is 1.45. The SMILES string of the molecule is Cc1[nH]nc2c1C(N)CNC2=O. The standard InChI is InChI=1S/C7H10N4O/c1-3-5-4(8)2-9-7(12)6(5)11-10-3/h4H,2,8H2,1H3,(H,9,12)(H,10,11). The van der Waals surface area contributed by atoms with E-state index in [0.717, 1.165) is 11.3 Å². The van der Waals surface area contributed by atoms with E-state index in [2.05, 4.69) is 15.5 Å². The van der Waals surface area contributed by atoms with Gasteiger partial charge in [0.1, 0.15) is 0 Å². The molecular weight excluding hydrogens is 156 g/mol. The maximum atomic E-state index is 11.2. The Labute approximate surface area is 69.3 Å². The van der Waals surface area contributed by atoms with Crippen molar-refractivity contribution in [3.8, 4) is 0 Å². The summed E-state index contributed by atoms with van der Waals surface area (Å²) in [5.41, 5.74) is 7.94. The number of nitrogens with one attached hydrogen (secondary N) is 2. The van der Waals surface area contributed by atoms with Crippen LogP contribution < -0.4 is 11.1 Å². The number of rotatable bonds is 0. The molecule has 1 aliphatic heterocycles. The fraction of sp³-hybridized carbons (Fsp3) is 0.429. The average molecular weight is 166 g/mol. The van der Waals surface area contributed by atoms with Gasteiger partial charge in [-0.05, 0) is 6.92 Å². The summed E-state index contributed by atoms with van der Waals surface area (Å²) in [6.45, 7) is 2.36. The van der Waals surface area contributed by atoms with Gasteiger partial charge in [0.05, 0.1) is 6.04 Å². The van der Waals surface area contributed by atoms with Crippen molar-refractivity contribution in [1.29, 1.82) is 0 Å². The highest BCUT2D eigenvalue weighted by atomic mass is 16.2. The molecule has 64 valence electrons. The lowest BCUT2D eigenvalue weighted by Gasteiger charge is -2.18. The second kappa shape index (κ2) is 2.31. The average Bonchev–Trinajstić information content (AvgIpc) is 2.42. The lowest BCUT2D eigenvalue weighted by Crippen LogP contribution is -2.38. The van der Waals surface area contributed by atoms with Gasteiger partial charge in [-0.15, -0.1) is 0 Å². The summed E-state index contributed by atoms with van der Waals surface area (Å²) in [5, 5.41) is 9.27. The molecule has 1 aromatic heterocycles. The molecule has 0 saturated carbocycles. The predicted octanol–water partition coefficient (Wildman–Crippen LogP) is -0.539. The molecule has 1 unspecified atom stereocenters. The first-order valence-corrected chi connectivity index (χ1v) is 3.79. The molecular formula is C7H10N4O. The molecule has 1 aliphatic rings. The smallest absolute Gasteiger partial charge is 0.272 e. The van der Waals surface area contributed by atoms with Crippen molar-refractivity contribution in [2.75, 3.05) is 6.54 Å². The number of nitrogens with zero attached hydrogens (tertiary/aromatic N) is 1. The molecule has 0 spiro atoms. The largest absolute Gasteiger partial charge is 0.349 e. The minimum atomic E-state index is -0.143. The summed E-state index contributed by atoms with van der Waals surface area (Å²) in [6.07, 6.45) is 0. The van der Waals surface area contributed by atoms with E-state index in [4.69, 9.17) is 5.73 Å². The van der Waals surface area contributed by atoms with E-state index >= 15 is 0 Å². The molecule has 1 atom stereocenters. The highest BCUT2D eigenvalue weighted by Crippen LogP contribution is 2.20. The Morgan fingerprint density at radius 1 is 1.67 bits per heavy atom. The molecule has 1 amide bonds. The molecule has 5 heteroatoms. The molecule has 0 saturated heterocycles. The van der Waals surface area contributed by atoms with Crippen molar-refractivity contribution in [1.82, 2.24) is 15.5 Å². The van der Waals surface area contributed by atoms with Gasteiger partial charge >= 0.3 is 0 Å². The van der Waals surface area contributed by atoms with E-state index in [-0.39, 0.29) is 11.9 Å². The zero-order valence-corrected chi connectivity index (χ0v) is 6.72. The number of aromatic amines is 1. The summed E-state index contributed by atoms with van der Waals surface area (Å²) in [6, 6.07) is -0.128. The van der Waals surface area contributed by atoms with Gasteiger partial charge in [0.2, 0.25) is 0 Å². The number of amides is 1. The molecule has 5 nitrogen and oxygen atoms in total. The Hall–Kier alpha value is -1.36. The molecule has 0 fully saturated rings. The number of carbonyl (C=O) groups excluding carboxylic acids is 1. The third kappa shape index (κ3) is 0.831. The third-order valence-electron chi connectivity index (χ3n) is 2.06. The van der Waals surface area contributed by atoms with Crippen LogP contribution in [0, 0.1) is 6.92 Å². The van der Waals surface area contributed by atoms with Gasteiger partial charge in [-0.25, -0.2) is 0 Å². The first-order chi connectivity index (χ1) is 5.70.